The number of carbonyl (C=O) groups is 2. The van der Waals surface area contributed by atoms with Crippen molar-refractivity contribution in [3.63, 3.8) is 0 Å². The lowest BCUT2D eigenvalue weighted by Gasteiger charge is -2.41. The highest BCUT2D eigenvalue weighted by Crippen LogP contribution is 2.42. The summed E-state index contributed by atoms with van der Waals surface area (Å²) in [5, 5.41) is 3.08. The van der Waals surface area contributed by atoms with Crippen LogP contribution in [0.2, 0.25) is 0 Å². The topological polar surface area (TPSA) is 82.4 Å². The number of aromatic nitrogens is 2. The smallest absolute Gasteiger partial charge is 0.408 e. The minimum absolute atomic E-state index is 0.317. The monoisotopic (exact) mass is 427 g/mol. The van der Waals surface area contributed by atoms with E-state index in [1.807, 2.05) is 57.5 Å². The molecule has 7 nitrogen and oxygen atoms in total. The fourth-order valence-electron chi connectivity index (χ4n) is 3.91. The van der Waals surface area contributed by atoms with E-state index in [9.17, 15) is 9.59 Å². The molecule has 0 aliphatic heterocycles. The van der Waals surface area contributed by atoms with Gasteiger partial charge >= 0.3 is 12.1 Å². The van der Waals surface area contributed by atoms with Gasteiger partial charge in [0.1, 0.15) is 17.0 Å². The molecule has 7 heteroatoms. The maximum absolute atomic E-state index is 12.5. The highest BCUT2D eigenvalue weighted by Gasteiger charge is 2.44. The molecule has 0 atom stereocenters. The van der Waals surface area contributed by atoms with Gasteiger partial charge < -0.3 is 19.4 Å². The Morgan fingerprint density at radius 2 is 1.97 bits per heavy atom. The first-order chi connectivity index (χ1) is 14.5. The molecule has 1 N–H and O–H groups in total. The summed E-state index contributed by atoms with van der Waals surface area (Å²) in [5.74, 6) is 0.505. The summed E-state index contributed by atoms with van der Waals surface area (Å²) in [5.41, 5.74) is 3.23. The maximum Gasteiger partial charge on any atom is 0.408 e. The van der Waals surface area contributed by atoms with Gasteiger partial charge in [-0.1, -0.05) is 0 Å². The van der Waals surface area contributed by atoms with Crippen LogP contribution in [0.5, 0.6) is 0 Å². The first kappa shape index (κ1) is 22.8. The van der Waals surface area contributed by atoms with Crippen molar-refractivity contribution in [3.05, 3.63) is 34.7 Å². The molecular weight excluding hydrogens is 394 g/mol. The summed E-state index contributed by atoms with van der Waals surface area (Å²) < 4.78 is 12.6. The molecule has 168 valence electrons. The number of nitrogens with one attached hydrogen (secondary N) is 1. The standard InChI is InChI=1S/C24H33N3O4/c1-8-30-20(28)16(3)12-17-14-19-18(13-15(17)2)25-21(27(19)7)24(10-9-11-24)26-22(29)31-23(4,5)6/h12-14H,8-11H2,1-7H3,(H,26,29)/b16-12+. The van der Waals surface area contributed by atoms with Crippen molar-refractivity contribution >= 4 is 29.2 Å². The molecule has 0 saturated heterocycles. The minimum atomic E-state index is -0.559. The lowest BCUT2D eigenvalue weighted by molar-refractivity contribution is -0.138. The van der Waals surface area contributed by atoms with Gasteiger partial charge in [0.05, 0.1) is 17.6 Å². The molecule has 1 amide bonds. The largest absolute Gasteiger partial charge is 0.463 e. The van der Waals surface area contributed by atoms with E-state index < -0.39 is 17.2 Å². The first-order valence-electron chi connectivity index (χ1n) is 10.8. The van der Waals surface area contributed by atoms with Gasteiger partial charge in [0, 0.05) is 12.6 Å². The van der Waals surface area contributed by atoms with Gasteiger partial charge in [-0.25, -0.2) is 14.6 Å². The van der Waals surface area contributed by atoms with Crippen molar-refractivity contribution in [2.24, 2.45) is 7.05 Å². The number of alkyl carbamates (subject to hydrolysis) is 1. The van der Waals surface area contributed by atoms with E-state index in [1.165, 1.54) is 0 Å². The number of ether oxygens (including phenoxy) is 2. The van der Waals surface area contributed by atoms with E-state index in [0.717, 1.165) is 47.2 Å². The Kier molecular flexibility index (Phi) is 6.16. The molecule has 2 aromatic rings. The highest BCUT2D eigenvalue weighted by molar-refractivity contribution is 5.94. The van der Waals surface area contributed by atoms with Gasteiger partial charge in [0.15, 0.2) is 0 Å². The van der Waals surface area contributed by atoms with Crippen molar-refractivity contribution in [2.45, 2.75) is 71.9 Å². The second kappa shape index (κ2) is 8.36. The lowest BCUT2D eigenvalue weighted by atomic mass is 9.76. The fourth-order valence-corrected chi connectivity index (χ4v) is 3.91. The van der Waals surface area contributed by atoms with E-state index in [2.05, 4.69) is 5.32 Å². The number of hydrogen-bond donors (Lipinski definition) is 1. The van der Waals surface area contributed by atoms with Gasteiger partial charge in [-0.2, -0.15) is 0 Å². The maximum atomic E-state index is 12.5. The van der Waals surface area contributed by atoms with Crippen molar-refractivity contribution in [2.75, 3.05) is 6.61 Å². The van der Waals surface area contributed by atoms with Crippen molar-refractivity contribution in [1.29, 1.82) is 0 Å². The van der Waals surface area contributed by atoms with Crippen LogP contribution in [0.1, 0.15) is 70.8 Å². The van der Waals surface area contributed by atoms with Gasteiger partial charge in [-0.3, -0.25) is 0 Å². The van der Waals surface area contributed by atoms with Gasteiger partial charge in [-0.15, -0.1) is 0 Å². The van der Waals surface area contributed by atoms with Crippen LogP contribution in [-0.2, 0) is 26.9 Å². The molecule has 1 aliphatic carbocycles. The average Bonchev–Trinajstić information content (AvgIpc) is 2.93. The van der Waals surface area contributed by atoms with Crippen molar-refractivity contribution in [3.8, 4) is 0 Å². The first-order valence-corrected chi connectivity index (χ1v) is 10.8. The van der Waals surface area contributed by atoms with E-state index in [4.69, 9.17) is 14.5 Å². The van der Waals surface area contributed by atoms with Crippen LogP contribution in [0.4, 0.5) is 4.79 Å². The zero-order valence-electron chi connectivity index (χ0n) is 19.6. The Hall–Kier alpha value is -2.83. The Labute approximate surface area is 183 Å². The summed E-state index contributed by atoms with van der Waals surface area (Å²) in [4.78, 5) is 29.4. The third-order valence-electron chi connectivity index (χ3n) is 5.61. The number of amides is 1. The molecule has 0 spiro atoms. The number of hydrogen-bond acceptors (Lipinski definition) is 5. The van der Waals surface area contributed by atoms with Gasteiger partial charge in [0.25, 0.3) is 0 Å². The molecule has 3 rings (SSSR count). The number of esters is 1. The number of fused-ring (bicyclic) bond motifs is 1. The molecule has 0 radical (unpaired) electrons. The van der Waals surface area contributed by atoms with Crippen molar-refractivity contribution in [1.82, 2.24) is 14.9 Å². The van der Waals surface area contributed by atoms with E-state index in [0.29, 0.717) is 12.2 Å². The van der Waals surface area contributed by atoms with Crippen LogP contribution in [0, 0.1) is 6.92 Å². The summed E-state index contributed by atoms with van der Waals surface area (Å²) in [6.07, 6.45) is 4.07. The van der Waals surface area contributed by atoms with Crippen LogP contribution in [-0.4, -0.2) is 33.8 Å². The number of nitrogens with zero attached hydrogens (tertiary/aromatic N) is 2. The summed E-state index contributed by atoms with van der Waals surface area (Å²) in [6.45, 7) is 11.4. The van der Waals surface area contributed by atoms with E-state index >= 15 is 0 Å². The number of rotatable bonds is 5. The lowest BCUT2D eigenvalue weighted by Crippen LogP contribution is -2.53. The van der Waals surface area contributed by atoms with Crippen LogP contribution in [0.25, 0.3) is 17.1 Å². The highest BCUT2D eigenvalue weighted by atomic mass is 16.6. The molecule has 0 unspecified atom stereocenters. The number of imidazole rings is 1. The molecule has 31 heavy (non-hydrogen) atoms. The molecule has 1 aromatic carbocycles. The Balaban J connectivity index is 1.98. The SMILES string of the molecule is CCOC(=O)/C(C)=C/c1cc2c(cc1C)nc(C1(NC(=O)OC(C)(C)C)CCC1)n2C. The molecule has 1 heterocycles. The summed E-state index contributed by atoms with van der Waals surface area (Å²) in [7, 11) is 1.96. The van der Waals surface area contributed by atoms with Crippen LogP contribution < -0.4 is 5.32 Å². The number of carbonyl (C=O) groups excluding carboxylic acids is 2. The predicted octanol–water partition coefficient (Wildman–Crippen LogP) is 4.75. The van der Waals surface area contributed by atoms with Gasteiger partial charge in [-0.05, 0) is 90.1 Å². The molecule has 1 aliphatic rings. The normalized spacial score (nSPS) is 16.0. The zero-order chi connectivity index (χ0) is 23.0. The van der Waals surface area contributed by atoms with Gasteiger partial charge in [0.2, 0.25) is 0 Å². The Morgan fingerprint density at radius 1 is 1.29 bits per heavy atom. The van der Waals surface area contributed by atoms with E-state index in [1.54, 1.807) is 13.8 Å². The quantitative estimate of drug-likeness (QED) is 0.550. The Morgan fingerprint density at radius 3 is 2.52 bits per heavy atom. The van der Waals surface area contributed by atoms with Crippen LogP contribution >= 0.6 is 0 Å². The summed E-state index contributed by atoms with van der Waals surface area (Å²) >= 11 is 0. The number of benzene rings is 1. The second-order valence-corrected chi connectivity index (χ2v) is 9.30. The average molecular weight is 428 g/mol. The second-order valence-electron chi connectivity index (χ2n) is 9.30. The zero-order valence-corrected chi connectivity index (χ0v) is 19.6. The summed E-state index contributed by atoms with van der Waals surface area (Å²) in [6, 6.07) is 4.05. The number of aryl methyl sites for hydroxylation is 2. The molecule has 1 fully saturated rings. The fraction of sp³-hybridized carbons (Fsp3) is 0.542. The molecule has 0 bridgehead atoms. The Bertz CT molecular complexity index is 1040. The minimum Gasteiger partial charge on any atom is -0.463 e. The third-order valence-corrected chi connectivity index (χ3v) is 5.61. The third kappa shape index (κ3) is 4.75. The molecule has 1 saturated carbocycles. The van der Waals surface area contributed by atoms with Crippen LogP contribution in [0.3, 0.4) is 0 Å². The van der Waals surface area contributed by atoms with Crippen molar-refractivity contribution < 1.29 is 19.1 Å². The van der Waals surface area contributed by atoms with Crippen LogP contribution in [0.15, 0.2) is 17.7 Å². The van der Waals surface area contributed by atoms with E-state index in [-0.39, 0.29) is 5.97 Å². The molecular formula is C24H33N3O4. The molecule has 1 aromatic heterocycles. The predicted molar refractivity (Wildman–Crippen MR) is 121 cm³/mol.